The number of halogens is 1. The minimum absolute atomic E-state index is 0. The van der Waals surface area contributed by atoms with Gasteiger partial charge in [-0.25, -0.2) is 13.4 Å². The van der Waals surface area contributed by atoms with E-state index in [0.29, 0.717) is 30.3 Å². The van der Waals surface area contributed by atoms with Crippen LogP contribution in [0.25, 0.3) is 10.2 Å². The van der Waals surface area contributed by atoms with Gasteiger partial charge < -0.3 is 4.90 Å². The highest BCUT2D eigenvalue weighted by Gasteiger charge is 2.27. The van der Waals surface area contributed by atoms with Crippen LogP contribution in [0.2, 0.25) is 0 Å². The van der Waals surface area contributed by atoms with Crippen molar-refractivity contribution in [2.75, 3.05) is 44.2 Å². The van der Waals surface area contributed by atoms with Crippen LogP contribution in [0.1, 0.15) is 56.0 Å². The molecule has 1 aliphatic heterocycles. The summed E-state index contributed by atoms with van der Waals surface area (Å²) in [6.07, 6.45) is 3.78. The summed E-state index contributed by atoms with van der Waals surface area (Å²) in [4.78, 5) is 22.7. The Labute approximate surface area is 230 Å². The Balaban J connectivity index is 0.00000380. The van der Waals surface area contributed by atoms with Gasteiger partial charge in [-0.15, -0.1) is 12.4 Å². The summed E-state index contributed by atoms with van der Waals surface area (Å²) in [6, 6.07) is 12.6. The van der Waals surface area contributed by atoms with E-state index in [1.807, 2.05) is 6.07 Å². The van der Waals surface area contributed by atoms with Gasteiger partial charge in [0.2, 0.25) is 10.0 Å². The average Bonchev–Trinajstić information content (AvgIpc) is 3.34. The first kappa shape index (κ1) is 29.5. The Bertz CT molecular complexity index is 1280. The van der Waals surface area contributed by atoms with Gasteiger partial charge in [0.15, 0.2) is 5.13 Å². The van der Waals surface area contributed by atoms with E-state index in [-0.39, 0.29) is 23.2 Å². The Morgan fingerprint density at radius 2 is 1.65 bits per heavy atom. The fraction of sp³-hybridized carbons (Fsp3) is 0.481. The molecule has 0 bridgehead atoms. The maximum atomic E-state index is 13.7. The number of hydrogen-bond acceptors (Lipinski definition) is 6. The molecular weight excluding hydrogens is 528 g/mol. The Hall–Kier alpha value is -2.04. The lowest BCUT2D eigenvalue weighted by molar-refractivity contribution is 0.0983. The molecule has 0 unspecified atom stereocenters. The molecule has 2 aromatic carbocycles. The molecular formula is C27H37ClN4O3S2. The number of fused-ring (bicyclic) bond motifs is 1. The maximum absolute atomic E-state index is 13.7. The molecule has 37 heavy (non-hydrogen) atoms. The molecule has 202 valence electrons. The second-order valence-electron chi connectivity index (χ2n) is 9.12. The number of aryl methyl sites for hydroxylation is 1. The standard InChI is InChI=1S/C27H36N4O3S2.ClH/c1-4-21-10-15-24-25(20-21)35-27(28-24)31(19-18-29(5-2)6-3)26(32)22-11-13-23(14-12-22)36(33,34)30-16-8-7-9-17-30;/h10-15,20H,4-9,16-19H2,1-3H3;1H. The SMILES string of the molecule is CCc1ccc2nc(N(CCN(CC)CC)C(=O)c3ccc(S(=O)(=O)N4CCCCC4)cc3)sc2c1.Cl. The highest BCUT2D eigenvalue weighted by molar-refractivity contribution is 7.89. The van der Waals surface area contributed by atoms with E-state index in [2.05, 4.69) is 37.8 Å². The van der Waals surface area contributed by atoms with E-state index >= 15 is 0 Å². The van der Waals surface area contributed by atoms with E-state index in [4.69, 9.17) is 4.98 Å². The fourth-order valence-corrected chi connectivity index (χ4v) is 7.11. The van der Waals surface area contributed by atoms with Gasteiger partial charge in [0, 0.05) is 31.7 Å². The van der Waals surface area contributed by atoms with Gasteiger partial charge >= 0.3 is 0 Å². The molecule has 7 nitrogen and oxygen atoms in total. The largest absolute Gasteiger partial charge is 0.302 e. The number of nitrogens with zero attached hydrogens (tertiary/aromatic N) is 4. The molecule has 1 fully saturated rings. The summed E-state index contributed by atoms with van der Waals surface area (Å²) in [5.74, 6) is -0.168. The molecule has 1 amide bonds. The first-order valence-corrected chi connectivity index (χ1v) is 15.2. The molecule has 0 N–H and O–H groups in total. The van der Waals surface area contributed by atoms with Crippen molar-refractivity contribution in [2.24, 2.45) is 0 Å². The number of thiazole rings is 1. The lowest BCUT2D eigenvalue weighted by Crippen LogP contribution is -2.39. The van der Waals surface area contributed by atoms with Crippen molar-refractivity contribution in [3.05, 3.63) is 53.6 Å². The predicted molar refractivity (Wildman–Crippen MR) is 155 cm³/mol. The smallest absolute Gasteiger partial charge is 0.260 e. The molecule has 0 aliphatic carbocycles. The van der Waals surface area contributed by atoms with Crippen LogP contribution < -0.4 is 4.90 Å². The van der Waals surface area contributed by atoms with Gasteiger partial charge in [0.1, 0.15) is 0 Å². The van der Waals surface area contributed by atoms with Gasteiger partial charge in [0.05, 0.1) is 15.1 Å². The van der Waals surface area contributed by atoms with Crippen LogP contribution in [-0.2, 0) is 16.4 Å². The number of carbonyl (C=O) groups is 1. The number of sulfonamides is 1. The number of likely N-dealkylation sites (N-methyl/N-ethyl adjacent to an activating group) is 1. The van der Waals surface area contributed by atoms with Gasteiger partial charge in [-0.2, -0.15) is 4.31 Å². The average molecular weight is 565 g/mol. The summed E-state index contributed by atoms with van der Waals surface area (Å²) in [5, 5.41) is 0.667. The summed E-state index contributed by atoms with van der Waals surface area (Å²) in [6.45, 7) is 10.5. The van der Waals surface area contributed by atoms with Crippen molar-refractivity contribution in [3.8, 4) is 0 Å². The summed E-state index contributed by atoms with van der Waals surface area (Å²) in [7, 11) is -3.54. The van der Waals surface area contributed by atoms with Gasteiger partial charge in [-0.05, 0) is 74.3 Å². The third-order valence-corrected chi connectivity index (χ3v) is 9.87. The van der Waals surface area contributed by atoms with Gasteiger partial charge in [-0.1, -0.05) is 44.6 Å². The van der Waals surface area contributed by atoms with Crippen LogP contribution in [0.3, 0.4) is 0 Å². The van der Waals surface area contributed by atoms with Gasteiger partial charge in [0.25, 0.3) is 5.91 Å². The molecule has 1 aromatic heterocycles. The number of amides is 1. The molecule has 4 rings (SSSR count). The number of benzene rings is 2. The summed E-state index contributed by atoms with van der Waals surface area (Å²) < 4.78 is 28.7. The normalized spacial score (nSPS) is 14.6. The van der Waals surface area contributed by atoms with Crippen LogP contribution >= 0.6 is 23.7 Å². The van der Waals surface area contributed by atoms with Crippen molar-refractivity contribution in [3.63, 3.8) is 0 Å². The molecule has 0 spiro atoms. The van der Waals surface area contributed by atoms with Crippen LogP contribution in [0.4, 0.5) is 5.13 Å². The van der Waals surface area contributed by atoms with Crippen LogP contribution in [-0.4, -0.2) is 67.8 Å². The van der Waals surface area contributed by atoms with Crippen molar-refractivity contribution in [1.29, 1.82) is 0 Å². The zero-order valence-corrected chi connectivity index (χ0v) is 24.3. The quantitative estimate of drug-likeness (QED) is 0.328. The van der Waals surface area contributed by atoms with Crippen molar-refractivity contribution in [2.45, 2.75) is 51.3 Å². The molecule has 0 radical (unpaired) electrons. The number of piperidine rings is 1. The van der Waals surface area contributed by atoms with E-state index < -0.39 is 10.0 Å². The number of anilines is 1. The molecule has 1 saturated heterocycles. The Morgan fingerprint density at radius 3 is 2.27 bits per heavy atom. The maximum Gasteiger partial charge on any atom is 0.260 e. The molecule has 1 aliphatic rings. The lowest BCUT2D eigenvalue weighted by atomic mass is 10.2. The van der Waals surface area contributed by atoms with E-state index in [9.17, 15) is 13.2 Å². The third kappa shape index (κ3) is 6.70. The number of carbonyl (C=O) groups excluding carboxylic acids is 1. The Morgan fingerprint density at radius 1 is 0.973 bits per heavy atom. The first-order chi connectivity index (χ1) is 17.4. The van der Waals surface area contributed by atoms with E-state index in [1.165, 1.54) is 16.9 Å². The molecule has 0 atom stereocenters. The highest BCUT2D eigenvalue weighted by atomic mass is 35.5. The first-order valence-electron chi connectivity index (χ1n) is 12.9. The monoisotopic (exact) mass is 564 g/mol. The minimum Gasteiger partial charge on any atom is -0.302 e. The van der Waals surface area contributed by atoms with E-state index in [0.717, 1.165) is 55.5 Å². The van der Waals surface area contributed by atoms with E-state index in [1.54, 1.807) is 33.5 Å². The second-order valence-corrected chi connectivity index (χ2v) is 12.1. The third-order valence-electron chi connectivity index (χ3n) is 6.91. The predicted octanol–water partition coefficient (Wildman–Crippen LogP) is 5.44. The number of hydrogen-bond donors (Lipinski definition) is 0. The molecule has 0 saturated carbocycles. The summed E-state index contributed by atoms with van der Waals surface area (Å²) in [5.41, 5.74) is 2.58. The van der Waals surface area contributed by atoms with Crippen LogP contribution in [0.15, 0.2) is 47.4 Å². The van der Waals surface area contributed by atoms with Gasteiger partial charge in [-0.3, -0.25) is 9.69 Å². The molecule has 10 heteroatoms. The topological polar surface area (TPSA) is 73.8 Å². The van der Waals surface area contributed by atoms with Crippen LogP contribution in [0, 0.1) is 0 Å². The molecule has 3 aromatic rings. The van der Waals surface area contributed by atoms with Crippen molar-refractivity contribution >= 4 is 55.0 Å². The summed E-state index contributed by atoms with van der Waals surface area (Å²) >= 11 is 1.52. The minimum atomic E-state index is -3.54. The zero-order valence-electron chi connectivity index (χ0n) is 21.9. The fourth-order valence-electron chi connectivity index (χ4n) is 4.54. The lowest BCUT2D eigenvalue weighted by Gasteiger charge is -2.26. The number of rotatable bonds is 10. The van der Waals surface area contributed by atoms with Crippen molar-refractivity contribution in [1.82, 2.24) is 14.2 Å². The number of aromatic nitrogens is 1. The molecule has 2 heterocycles. The second kappa shape index (κ2) is 13.2. The highest BCUT2D eigenvalue weighted by Crippen LogP contribution is 2.31. The zero-order chi connectivity index (χ0) is 25.7. The van der Waals surface area contributed by atoms with Crippen LogP contribution in [0.5, 0.6) is 0 Å². The van der Waals surface area contributed by atoms with Crippen molar-refractivity contribution < 1.29 is 13.2 Å². The Kier molecular flexibility index (Phi) is 10.5.